The van der Waals surface area contributed by atoms with Crippen LogP contribution in [0.4, 0.5) is 0 Å². The highest BCUT2D eigenvalue weighted by molar-refractivity contribution is 7.98. The molecule has 3 aromatic rings. The molecule has 4 rings (SSSR count). The van der Waals surface area contributed by atoms with Crippen LogP contribution in [0.15, 0.2) is 58.8 Å². The minimum Gasteiger partial charge on any atom is -0.336 e. The van der Waals surface area contributed by atoms with Crippen molar-refractivity contribution in [2.75, 3.05) is 26.2 Å². The summed E-state index contributed by atoms with van der Waals surface area (Å²) in [4.78, 5) is 23.0. The molecule has 30 heavy (non-hydrogen) atoms. The van der Waals surface area contributed by atoms with E-state index in [9.17, 15) is 4.79 Å². The molecule has 1 aliphatic rings. The Morgan fingerprint density at radius 2 is 1.83 bits per heavy atom. The maximum Gasteiger partial charge on any atom is 0.253 e. The van der Waals surface area contributed by atoms with Crippen LogP contribution in [-0.4, -0.2) is 46.9 Å². The molecule has 0 bridgehead atoms. The number of thiazole rings is 1. The van der Waals surface area contributed by atoms with Gasteiger partial charge in [0.1, 0.15) is 0 Å². The van der Waals surface area contributed by atoms with Crippen molar-refractivity contribution in [3.05, 3.63) is 81.3 Å². The van der Waals surface area contributed by atoms with E-state index in [1.54, 1.807) is 23.1 Å². The zero-order chi connectivity index (χ0) is 20.9. The highest BCUT2D eigenvalue weighted by Crippen LogP contribution is 2.24. The number of carbonyl (C=O) groups excluding carboxylic acids is 1. The highest BCUT2D eigenvalue weighted by atomic mass is 32.2. The van der Waals surface area contributed by atoms with Gasteiger partial charge in [-0.25, -0.2) is 4.98 Å². The lowest BCUT2D eigenvalue weighted by atomic mass is 10.1. The van der Waals surface area contributed by atoms with Crippen LogP contribution in [0.1, 0.15) is 32.2 Å². The summed E-state index contributed by atoms with van der Waals surface area (Å²) in [5, 5.41) is 3.21. The maximum absolute atomic E-state index is 12.9. The first-order chi connectivity index (χ1) is 14.6. The van der Waals surface area contributed by atoms with E-state index in [1.165, 1.54) is 16.0 Å². The molecular weight excluding hydrogens is 410 g/mol. The van der Waals surface area contributed by atoms with Gasteiger partial charge in [-0.15, -0.1) is 23.1 Å². The van der Waals surface area contributed by atoms with Crippen molar-refractivity contribution in [1.82, 2.24) is 14.8 Å². The number of nitrogens with zero attached hydrogens (tertiary/aromatic N) is 3. The van der Waals surface area contributed by atoms with Gasteiger partial charge >= 0.3 is 0 Å². The summed E-state index contributed by atoms with van der Waals surface area (Å²) in [7, 11) is 0. The number of hydrogen-bond donors (Lipinski definition) is 0. The van der Waals surface area contributed by atoms with Gasteiger partial charge in [-0.1, -0.05) is 29.8 Å². The third-order valence-corrected chi connectivity index (χ3v) is 7.17. The third-order valence-electron chi connectivity index (χ3n) is 5.30. The van der Waals surface area contributed by atoms with E-state index in [4.69, 9.17) is 0 Å². The Kier molecular flexibility index (Phi) is 6.87. The zero-order valence-electron chi connectivity index (χ0n) is 17.5. The molecular formula is C24H27N3OS2. The predicted octanol–water partition coefficient (Wildman–Crippen LogP) is 5.01. The minimum atomic E-state index is 0.136. The molecule has 6 heteroatoms. The number of rotatable bonds is 6. The van der Waals surface area contributed by atoms with Crippen molar-refractivity contribution in [3.63, 3.8) is 0 Å². The van der Waals surface area contributed by atoms with E-state index in [0.717, 1.165) is 54.7 Å². The fourth-order valence-corrected chi connectivity index (χ4v) is 5.19. The van der Waals surface area contributed by atoms with E-state index >= 15 is 0 Å². The van der Waals surface area contributed by atoms with Crippen molar-refractivity contribution in [1.29, 1.82) is 0 Å². The van der Waals surface area contributed by atoms with Gasteiger partial charge in [0.2, 0.25) is 0 Å². The first-order valence-corrected chi connectivity index (χ1v) is 12.1. The summed E-state index contributed by atoms with van der Waals surface area (Å²) in [5.74, 6) is 0.998. The summed E-state index contributed by atoms with van der Waals surface area (Å²) in [6.07, 6.45) is 0. The van der Waals surface area contributed by atoms with E-state index < -0.39 is 0 Å². The van der Waals surface area contributed by atoms with E-state index in [-0.39, 0.29) is 5.91 Å². The molecule has 156 valence electrons. The Hall–Kier alpha value is -2.15. The van der Waals surface area contributed by atoms with E-state index in [0.29, 0.717) is 0 Å². The number of benzene rings is 2. The summed E-state index contributed by atoms with van der Waals surface area (Å²) in [6.45, 7) is 8.51. The number of aryl methyl sites for hydroxylation is 2. The van der Waals surface area contributed by atoms with Gasteiger partial charge in [0.05, 0.1) is 10.7 Å². The molecule has 1 fully saturated rings. The number of thioether (sulfide) groups is 1. The fourth-order valence-electron chi connectivity index (χ4n) is 3.69. The second kappa shape index (κ2) is 9.77. The molecule has 0 radical (unpaired) electrons. The molecule has 0 spiro atoms. The van der Waals surface area contributed by atoms with E-state index in [1.807, 2.05) is 36.1 Å². The lowest BCUT2D eigenvalue weighted by Gasteiger charge is -2.34. The van der Waals surface area contributed by atoms with Crippen LogP contribution in [-0.2, 0) is 12.3 Å². The van der Waals surface area contributed by atoms with E-state index in [2.05, 4.69) is 46.5 Å². The molecule has 0 aliphatic carbocycles. The van der Waals surface area contributed by atoms with Crippen molar-refractivity contribution in [2.45, 2.75) is 31.0 Å². The van der Waals surface area contributed by atoms with Gasteiger partial charge < -0.3 is 4.90 Å². The Morgan fingerprint density at radius 3 is 2.50 bits per heavy atom. The van der Waals surface area contributed by atoms with Gasteiger partial charge in [0, 0.05) is 54.3 Å². The molecule has 1 amide bonds. The molecule has 2 heterocycles. The van der Waals surface area contributed by atoms with Gasteiger partial charge in [-0.2, -0.15) is 0 Å². The lowest BCUT2D eigenvalue weighted by molar-refractivity contribution is 0.0628. The molecule has 1 aliphatic heterocycles. The van der Waals surface area contributed by atoms with Gasteiger partial charge in [-0.05, 0) is 43.7 Å². The fraction of sp³-hybridized carbons (Fsp3) is 0.333. The number of piperazine rings is 1. The van der Waals surface area contributed by atoms with Crippen LogP contribution in [0.5, 0.6) is 0 Å². The third kappa shape index (κ3) is 5.50. The Balaban J connectivity index is 1.27. The first kappa shape index (κ1) is 21.1. The van der Waals surface area contributed by atoms with Crippen molar-refractivity contribution < 1.29 is 4.79 Å². The average Bonchev–Trinajstić information content (AvgIpc) is 3.18. The minimum absolute atomic E-state index is 0.136. The molecule has 2 aromatic carbocycles. The van der Waals surface area contributed by atoms with Gasteiger partial charge in [0.15, 0.2) is 0 Å². The largest absolute Gasteiger partial charge is 0.336 e. The summed E-state index contributed by atoms with van der Waals surface area (Å²) in [5.41, 5.74) is 4.53. The molecule has 1 aromatic heterocycles. The molecule has 4 nitrogen and oxygen atoms in total. The molecule has 0 N–H and O–H groups in total. The quantitative estimate of drug-likeness (QED) is 0.508. The SMILES string of the molecule is Cc1cccc(CN2CCN(C(=O)c3ccc(SCc4csc(C)n4)cc3)CC2)c1. The second-order valence-corrected chi connectivity index (χ2v) is 9.84. The Labute approximate surface area is 186 Å². The maximum atomic E-state index is 12.9. The summed E-state index contributed by atoms with van der Waals surface area (Å²) < 4.78 is 0. The Bertz CT molecular complexity index is 992. The topological polar surface area (TPSA) is 36.4 Å². The number of aromatic nitrogens is 1. The number of amides is 1. The van der Waals surface area contributed by atoms with Crippen LogP contribution in [0.3, 0.4) is 0 Å². The molecule has 0 saturated carbocycles. The predicted molar refractivity (Wildman–Crippen MR) is 125 cm³/mol. The first-order valence-electron chi connectivity index (χ1n) is 10.3. The summed E-state index contributed by atoms with van der Waals surface area (Å²) in [6, 6.07) is 16.7. The second-order valence-electron chi connectivity index (χ2n) is 7.73. The molecule has 0 unspecified atom stereocenters. The normalized spacial score (nSPS) is 14.8. The molecule has 1 saturated heterocycles. The van der Waals surface area contributed by atoms with Crippen molar-refractivity contribution in [3.8, 4) is 0 Å². The smallest absolute Gasteiger partial charge is 0.253 e. The number of carbonyl (C=O) groups is 1. The summed E-state index contributed by atoms with van der Waals surface area (Å²) >= 11 is 3.44. The zero-order valence-corrected chi connectivity index (χ0v) is 19.1. The van der Waals surface area contributed by atoms with Crippen molar-refractivity contribution >= 4 is 29.0 Å². The van der Waals surface area contributed by atoms with Crippen LogP contribution in [0.2, 0.25) is 0 Å². The average molecular weight is 438 g/mol. The monoisotopic (exact) mass is 437 g/mol. The number of hydrogen-bond acceptors (Lipinski definition) is 5. The Morgan fingerprint density at radius 1 is 1.07 bits per heavy atom. The van der Waals surface area contributed by atoms with Crippen LogP contribution in [0, 0.1) is 13.8 Å². The van der Waals surface area contributed by atoms with Crippen LogP contribution >= 0.6 is 23.1 Å². The van der Waals surface area contributed by atoms with Crippen LogP contribution < -0.4 is 0 Å². The van der Waals surface area contributed by atoms with Gasteiger partial charge in [-0.3, -0.25) is 9.69 Å². The highest BCUT2D eigenvalue weighted by Gasteiger charge is 2.22. The standard InChI is InChI=1S/C24H27N3OS2/c1-18-4-3-5-20(14-18)15-26-10-12-27(13-11-26)24(28)21-6-8-23(9-7-21)30-17-22-16-29-19(2)25-22/h3-9,14,16H,10-13,15,17H2,1-2H3. The van der Waals surface area contributed by atoms with Gasteiger partial charge in [0.25, 0.3) is 5.91 Å². The van der Waals surface area contributed by atoms with Crippen molar-refractivity contribution in [2.24, 2.45) is 0 Å². The lowest BCUT2D eigenvalue weighted by Crippen LogP contribution is -2.48. The molecule has 0 atom stereocenters. The van der Waals surface area contributed by atoms with Crippen LogP contribution in [0.25, 0.3) is 0 Å².